The Morgan fingerprint density at radius 2 is 1.94 bits per heavy atom. The Kier molecular flexibility index (Phi) is 4.86. The van der Waals surface area contributed by atoms with Crippen molar-refractivity contribution in [3.63, 3.8) is 0 Å². The van der Waals surface area contributed by atoms with Crippen molar-refractivity contribution in [2.24, 2.45) is 0 Å². The van der Waals surface area contributed by atoms with E-state index in [-0.39, 0.29) is 29.4 Å². The molecule has 0 saturated heterocycles. The smallest absolute Gasteiger partial charge is 0.254 e. The van der Waals surface area contributed by atoms with Crippen molar-refractivity contribution in [3.8, 4) is 0 Å². The van der Waals surface area contributed by atoms with Gasteiger partial charge in [0.05, 0.1) is 22.8 Å². The molecule has 0 saturated carbocycles. The molecular formula is C12H17NO4S. The standard InChI is InChI=1S/C12H17NO4S/c1-3-18(16,17)11-7-5-4-6-10(11)12(15)13(2)8-9-14/h4-7,14H,3,8-9H2,1-2H3. The zero-order valence-electron chi connectivity index (χ0n) is 10.5. The molecule has 0 aromatic heterocycles. The van der Waals surface area contributed by atoms with Crippen LogP contribution in [0.15, 0.2) is 29.2 Å². The highest BCUT2D eigenvalue weighted by Gasteiger charge is 2.22. The van der Waals surface area contributed by atoms with E-state index in [9.17, 15) is 13.2 Å². The normalized spacial score (nSPS) is 11.3. The Bertz CT molecular complexity index is 525. The number of benzene rings is 1. The monoisotopic (exact) mass is 271 g/mol. The minimum absolute atomic E-state index is 0.0438. The van der Waals surface area contributed by atoms with Crippen molar-refractivity contribution in [1.82, 2.24) is 4.90 Å². The van der Waals surface area contributed by atoms with Gasteiger partial charge < -0.3 is 10.0 Å². The number of hydrogen-bond acceptors (Lipinski definition) is 4. The molecule has 0 aliphatic carbocycles. The molecular weight excluding hydrogens is 254 g/mol. The summed E-state index contributed by atoms with van der Waals surface area (Å²) in [6.07, 6.45) is 0. The average Bonchev–Trinajstić information content (AvgIpc) is 2.38. The minimum Gasteiger partial charge on any atom is -0.395 e. The van der Waals surface area contributed by atoms with Crippen LogP contribution in [0.1, 0.15) is 17.3 Å². The number of aliphatic hydroxyl groups is 1. The Hall–Kier alpha value is -1.40. The van der Waals surface area contributed by atoms with Crippen LogP contribution < -0.4 is 0 Å². The lowest BCUT2D eigenvalue weighted by molar-refractivity contribution is 0.0763. The molecule has 1 amide bonds. The molecule has 0 aliphatic heterocycles. The maximum Gasteiger partial charge on any atom is 0.254 e. The van der Waals surface area contributed by atoms with Gasteiger partial charge >= 0.3 is 0 Å². The molecule has 1 aromatic rings. The lowest BCUT2D eigenvalue weighted by Gasteiger charge is -2.17. The number of likely N-dealkylation sites (N-methyl/N-ethyl adjacent to an activating group) is 1. The van der Waals surface area contributed by atoms with Crippen molar-refractivity contribution in [2.75, 3.05) is 26.0 Å². The molecule has 0 spiro atoms. The average molecular weight is 271 g/mol. The summed E-state index contributed by atoms with van der Waals surface area (Å²) < 4.78 is 23.8. The van der Waals surface area contributed by atoms with Crippen LogP contribution in [-0.4, -0.2) is 50.3 Å². The summed E-state index contributed by atoms with van der Waals surface area (Å²) in [5.41, 5.74) is 0.148. The lowest BCUT2D eigenvalue weighted by Crippen LogP contribution is -2.30. The van der Waals surface area contributed by atoms with Gasteiger partial charge in [0.25, 0.3) is 5.91 Å². The van der Waals surface area contributed by atoms with Crippen molar-refractivity contribution in [2.45, 2.75) is 11.8 Å². The van der Waals surface area contributed by atoms with E-state index < -0.39 is 15.7 Å². The molecule has 0 fully saturated rings. The SMILES string of the molecule is CCS(=O)(=O)c1ccccc1C(=O)N(C)CCO. The number of sulfone groups is 1. The number of carbonyl (C=O) groups is 1. The van der Waals surface area contributed by atoms with Crippen LogP contribution in [0, 0.1) is 0 Å². The summed E-state index contributed by atoms with van der Waals surface area (Å²) in [6.45, 7) is 1.54. The molecule has 0 atom stereocenters. The third kappa shape index (κ3) is 3.08. The van der Waals surface area contributed by atoms with Crippen molar-refractivity contribution in [1.29, 1.82) is 0 Å². The van der Waals surface area contributed by atoms with Crippen molar-refractivity contribution >= 4 is 15.7 Å². The van der Waals surface area contributed by atoms with Crippen molar-refractivity contribution < 1.29 is 18.3 Å². The van der Waals surface area contributed by atoms with Gasteiger partial charge in [0.2, 0.25) is 0 Å². The second-order valence-corrected chi connectivity index (χ2v) is 6.10. The molecule has 100 valence electrons. The Labute approximate surface area is 107 Å². The molecule has 18 heavy (non-hydrogen) atoms. The number of hydrogen-bond donors (Lipinski definition) is 1. The first-order chi connectivity index (χ1) is 8.44. The molecule has 1 rings (SSSR count). The summed E-state index contributed by atoms with van der Waals surface area (Å²) in [5, 5.41) is 8.80. The Morgan fingerprint density at radius 1 is 1.33 bits per heavy atom. The van der Waals surface area contributed by atoms with Crippen LogP contribution in [0.5, 0.6) is 0 Å². The van der Waals surface area contributed by atoms with Crippen LogP contribution in [0.2, 0.25) is 0 Å². The van der Waals surface area contributed by atoms with Gasteiger partial charge in [-0.3, -0.25) is 4.79 Å². The number of carbonyl (C=O) groups excluding carboxylic acids is 1. The van der Waals surface area contributed by atoms with Crippen LogP contribution in [0.4, 0.5) is 0 Å². The van der Waals surface area contributed by atoms with E-state index in [1.807, 2.05) is 0 Å². The first-order valence-electron chi connectivity index (χ1n) is 5.62. The predicted molar refractivity (Wildman–Crippen MR) is 68.2 cm³/mol. The van der Waals surface area contributed by atoms with E-state index in [2.05, 4.69) is 0 Å². The first-order valence-corrected chi connectivity index (χ1v) is 7.27. The second-order valence-electron chi connectivity index (χ2n) is 3.85. The highest BCUT2D eigenvalue weighted by atomic mass is 32.2. The number of amides is 1. The molecule has 1 aromatic carbocycles. The van der Waals surface area contributed by atoms with Crippen LogP contribution in [0.25, 0.3) is 0 Å². The van der Waals surface area contributed by atoms with Gasteiger partial charge in [0.15, 0.2) is 9.84 Å². The van der Waals surface area contributed by atoms with E-state index in [1.165, 1.54) is 31.0 Å². The largest absolute Gasteiger partial charge is 0.395 e. The van der Waals surface area contributed by atoms with Gasteiger partial charge in [0, 0.05) is 13.6 Å². The Morgan fingerprint density at radius 3 is 2.50 bits per heavy atom. The predicted octanol–water partition coefficient (Wildman–Crippen LogP) is 0.544. The molecule has 0 heterocycles. The van der Waals surface area contributed by atoms with Crippen LogP contribution in [0.3, 0.4) is 0 Å². The third-order valence-corrected chi connectivity index (χ3v) is 4.40. The number of aliphatic hydroxyl groups excluding tert-OH is 1. The molecule has 1 N–H and O–H groups in total. The lowest BCUT2D eigenvalue weighted by atomic mass is 10.2. The van der Waals surface area contributed by atoms with Gasteiger partial charge in [-0.05, 0) is 12.1 Å². The van der Waals surface area contributed by atoms with Gasteiger partial charge in [-0.2, -0.15) is 0 Å². The maximum absolute atomic E-state index is 12.1. The van der Waals surface area contributed by atoms with Gasteiger partial charge in [-0.15, -0.1) is 0 Å². The van der Waals surface area contributed by atoms with Crippen molar-refractivity contribution in [3.05, 3.63) is 29.8 Å². The van der Waals surface area contributed by atoms with E-state index >= 15 is 0 Å². The highest BCUT2D eigenvalue weighted by Crippen LogP contribution is 2.18. The summed E-state index contributed by atoms with van der Waals surface area (Å²) >= 11 is 0. The summed E-state index contributed by atoms with van der Waals surface area (Å²) in [6, 6.07) is 6.12. The molecule has 0 bridgehead atoms. The van der Waals surface area contributed by atoms with Gasteiger partial charge in [-0.1, -0.05) is 19.1 Å². The first kappa shape index (κ1) is 14.7. The summed E-state index contributed by atoms with van der Waals surface area (Å²) in [4.78, 5) is 13.4. The molecule has 0 radical (unpaired) electrons. The van der Waals surface area contributed by atoms with E-state index in [0.29, 0.717) is 0 Å². The number of nitrogens with zero attached hydrogens (tertiary/aromatic N) is 1. The highest BCUT2D eigenvalue weighted by molar-refractivity contribution is 7.91. The van der Waals surface area contributed by atoms with Gasteiger partial charge in [-0.25, -0.2) is 8.42 Å². The van der Waals surface area contributed by atoms with E-state index in [1.54, 1.807) is 12.1 Å². The summed E-state index contributed by atoms with van der Waals surface area (Å²) in [7, 11) is -1.91. The second kappa shape index (κ2) is 5.97. The van der Waals surface area contributed by atoms with Crippen LogP contribution >= 0.6 is 0 Å². The molecule has 5 nitrogen and oxygen atoms in total. The zero-order chi connectivity index (χ0) is 13.8. The Balaban J connectivity index is 3.22. The topological polar surface area (TPSA) is 74.7 Å². The maximum atomic E-state index is 12.1. The zero-order valence-corrected chi connectivity index (χ0v) is 11.3. The summed E-state index contributed by atoms with van der Waals surface area (Å²) in [5.74, 6) is -0.460. The number of rotatable bonds is 5. The quantitative estimate of drug-likeness (QED) is 0.848. The van der Waals surface area contributed by atoms with E-state index in [4.69, 9.17) is 5.11 Å². The van der Waals surface area contributed by atoms with Gasteiger partial charge in [0.1, 0.15) is 0 Å². The molecule has 6 heteroatoms. The fraction of sp³-hybridized carbons (Fsp3) is 0.417. The van der Waals surface area contributed by atoms with Crippen LogP contribution in [-0.2, 0) is 9.84 Å². The minimum atomic E-state index is -3.43. The molecule has 0 unspecified atom stereocenters. The van der Waals surface area contributed by atoms with E-state index in [0.717, 1.165) is 0 Å². The molecule has 0 aliphatic rings. The fourth-order valence-electron chi connectivity index (χ4n) is 1.53. The third-order valence-electron chi connectivity index (χ3n) is 2.61. The fourth-order valence-corrected chi connectivity index (χ4v) is 2.61.